The molecule has 0 spiro atoms. The first-order chi connectivity index (χ1) is 9.04. The third-order valence-electron chi connectivity index (χ3n) is 2.96. The third-order valence-corrected chi connectivity index (χ3v) is 4.16. The molecule has 1 N–H and O–H groups in total. The van der Waals surface area contributed by atoms with Crippen LogP contribution in [-0.4, -0.2) is 16.0 Å². The summed E-state index contributed by atoms with van der Waals surface area (Å²) in [5.74, 6) is -0.963. The third kappa shape index (κ3) is 3.08. The SMILES string of the molecule is CCCCc1c(C(=O)O)sc2ccc([N+](=O)[O-])cc12.Cl. The lowest BCUT2D eigenvalue weighted by Gasteiger charge is -2.00. The maximum absolute atomic E-state index is 11.2. The van der Waals surface area contributed by atoms with Crippen LogP contribution in [0.5, 0.6) is 0 Å². The Labute approximate surface area is 125 Å². The molecule has 0 bridgehead atoms. The number of carbonyl (C=O) groups is 1. The first-order valence-electron chi connectivity index (χ1n) is 5.97. The van der Waals surface area contributed by atoms with Crippen LogP contribution in [0.4, 0.5) is 5.69 Å². The molecule has 0 atom stereocenters. The van der Waals surface area contributed by atoms with E-state index in [0.29, 0.717) is 16.7 Å². The number of thiophene rings is 1. The van der Waals surface area contributed by atoms with E-state index in [2.05, 4.69) is 0 Å². The maximum Gasteiger partial charge on any atom is 0.346 e. The Hall–Kier alpha value is -1.66. The number of fused-ring (bicyclic) bond motifs is 1. The van der Waals surface area contributed by atoms with Crippen LogP contribution in [0, 0.1) is 10.1 Å². The van der Waals surface area contributed by atoms with Gasteiger partial charge < -0.3 is 5.11 Å². The average Bonchev–Trinajstić information content (AvgIpc) is 2.74. The van der Waals surface area contributed by atoms with E-state index in [1.165, 1.54) is 23.5 Å². The highest BCUT2D eigenvalue weighted by atomic mass is 35.5. The van der Waals surface area contributed by atoms with Crippen molar-refractivity contribution >= 4 is 45.5 Å². The monoisotopic (exact) mass is 315 g/mol. The Bertz CT molecular complexity index is 653. The molecule has 0 fully saturated rings. The number of carboxylic acid groups (broad SMARTS) is 1. The summed E-state index contributed by atoms with van der Waals surface area (Å²) in [7, 11) is 0. The van der Waals surface area contributed by atoms with E-state index in [1.54, 1.807) is 6.07 Å². The van der Waals surface area contributed by atoms with Gasteiger partial charge in [-0.15, -0.1) is 23.7 Å². The second-order valence-electron chi connectivity index (χ2n) is 4.26. The Morgan fingerprint density at radius 3 is 2.70 bits per heavy atom. The molecule has 5 nitrogen and oxygen atoms in total. The highest BCUT2D eigenvalue weighted by molar-refractivity contribution is 7.21. The van der Waals surface area contributed by atoms with Crippen LogP contribution in [-0.2, 0) is 6.42 Å². The van der Waals surface area contributed by atoms with Crippen molar-refractivity contribution in [1.82, 2.24) is 0 Å². The van der Waals surface area contributed by atoms with Crippen LogP contribution >= 0.6 is 23.7 Å². The number of hydrogen-bond donors (Lipinski definition) is 1. The molecule has 20 heavy (non-hydrogen) atoms. The largest absolute Gasteiger partial charge is 0.477 e. The number of nitro groups is 1. The van der Waals surface area contributed by atoms with Crippen LogP contribution in [0.2, 0.25) is 0 Å². The summed E-state index contributed by atoms with van der Waals surface area (Å²) in [5, 5.41) is 20.7. The highest BCUT2D eigenvalue weighted by Gasteiger charge is 2.19. The zero-order chi connectivity index (χ0) is 14.0. The predicted molar refractivity (Wildman–Crippen MR) is 81.3 cm³/mol. The number of hydrogen-bond acceptors (Lipinski definition) is 4. The van der Waals surface area contributed by atoms with Crippen molar-refractivity contribution in [3.05, 3.63) is 38.8 Å². The van der Waals surface area contributed by atoms with Gasteiger partial charge in [0.05, 0.1) is 4.92 Å². The number of halogens is 1. The van der Waals surface area contributed by atoms with E-state index in [0.717, 1.165) is 23.1 Å². The number of aryl methyl sites for hydroxylation is 1. The van der Waals surface area contributed by atoms with Crippen LogP contribution in [0.15, 0.2) is 18.2 Å². The summed E-state index contributed by atoms with van der Waals surface area (Å²) in [6.07, 6.45) is 2.46. The first-order valence-corrected chi connectivity index (χ1v) is 6.79. The predicted octanol–water partition coefficient (Wildman–Crippen LogP) is 4.27. The van der Waals surface area contributed by atoms with Crippen LogP contribution in [0.25, 0.3) is 10.1 Å². The zero-order valence-electron chi connectivity index (χ0n) is 10.8. The molecule has 0 radical (unpaired) electrons. The molecule has 108 valence electrons. The molecule has 0 saturated carbocycles. The molecule has 0 unspecified atom stereocenters. The Morgan fingerprint density at radius 2 is 2.15 bits per heavy atom. The van der Waals surface area contributed by atoms with Crippen molar-refractivity contribution in [2.45, 2.75) is 26.2 Å². The van der Waals surface area contributed by atoms with Crippen LogP contribution in [0.3, 0.4) is 0 Å². The Morgan fingerprint density at radius 1 is 1.45 bits per heavy atom. The molecule has 0 aliphatic heterocycles. The summed E-state index contributed by atoms with van der Waals surface area (Å²) in [4.78, 5) is 21.9. The summed E-state index contributed by atoms with van der Waals surface area (Å²) in [6, 6.07) is 4.51. The number of non-ortho nitro benzene ring substituents is 1. The molecular weight excluding hydrogens is 302 g/mol. The van der Waals surface area contributed by atoms with Gasteiger partial charge in [-0.1, -0.05) is 13.3 Å². The van der Waals surface area contributed by atoms with Crippen molar-refractivity contribution < 1.29 is 14.8 Å². The maximum atomic E-state index is 11.2. The Kier molecular flexibility index (Phi) is 5.47. The molecule has 0 saturated heterocycles. The number of unbranched alkanes of at least 4 members (excludes halogenated alkanes) is 1. The van der Waals surface area contributed by atoms with E-state index >= 15 is 0 Å². The lowest BCUT2D eigenvalue weighted by Crippen LogP contribution is -1.98. The lowest BCUT2D eigenvalue weighted by molar-refractivity contribution is -0.384. The molecule has 0 amide bonds. The number of carboxylic acids is 1. The van der Waals surface area contributed by atoms with E-state index in [9.17, 15) is 20.0 Å². The first kappa shape index (κ1) is 16.4. The molecule has 2 rings (SSSR count). The summed E-state index contributed by atoms with van der Waals surface area (Å²) in [6.45, 7) is 2.03. The van der Waals surface area contributed by atoms with Crippen molar-refractivity contribution in [2.24, 2.45) is 0 Å². The van der Waals surface area contributed by atoms with Crippen molar-refractivity contribution in [1.29, 1.82) is 0 Å². The Balaban J connectivity index is 0.00000200. The fourth-order valence-electron chi connectivity index (χ4n) is 2.02. The molecule has 0 aliphatic carbocycles. The summed E-state index contributed by atoms with van der Waals surface area (Å²) in [5.41, 5.74) is 0.720. The standard InChI is InChI=1S/C13H13NO4S.ClH/c1-2-3-4-9-10-7-8(14(17)18)5-6-11(10)19-12(9)13(15)16;/h5-7H,2-4H2,1H3,(H,15,16);1H. The normalized spacial score (nSPS) is 10.2. The molecule has 2 aromatic rings. The second-order valence-corrected chi connectivity index (χ2v) is 5.31. The van der Waals surface area contributed by atoms with Gasteiger partial charge in [0.2, 0.25) is 0 Å². The van der Waals surface area contributed by atoms with Gasteiger partial charge >= 0.3 is 5.97 Å². The topological polar surface area (TPSA) is 80.4 Å². The van der Waals surface area contributed by atoms with Gasteiger partial charge in [-0.3, -0.25) is 10.1 Å². The summed E-state index contributed by atoms with van der Waals surface area (Å²) >= 11 is 1.18. The minimum Gasteiger partial charge on any atom is -0.477 e. The number of aromatic carboxylic acids is 1. The van der Waals surface area contributed by atoms with Gasteiger partial charge in [-0.25, -0.2) is 4.79 Å². The van der Waals surface area contributed by atoms with Crippen LogP contribution in [0.1, 0.15) is 35.0 Å². The number of benzene rings is 1. The molecule has 1 heterocycles. The van der Waals surface area contributed by atoms with Crippen molar-refractivity contribution in [3.63, 3.8) is 0 Å². The van der Waals surface area contributed by atoms with Gasteiger partial charge in [0.15, 0.2) is 0 Å². The van der Waals surface area contributed by atoms with Gasteiger partial charge in [0.25, 0.3) is 5.69 Å². The second kappa shape index (κ2) is 6.67. The molecule has 1 aromatic carbocycles. The van der Waals surface area contributed by atoms with E-state index in [-0.39, 0.29) is 18.1 Å². The van der Waals surface area contributed by atoms with Crippen LogP contribution < -0.4 is 0 Å². The van der Waals surface area contributed by atoms with Gasteiger partial charge in [0, 0.05) is 22.2 Å². The van der Waals surface area contributed by atoms with E-state index in [1.807, 2.05) is 6.92 Å². The van der Waals surface area contributed by atoms with Crippen molar-refractivity contribution in [2.75, 3.05) is 0 Å². The minimum atomic E-state index is -0.963. The highest BCUT2D eigenvalue weighted by Crippen LogP contribution is 2.34. The quantitative estimate of drug-likeness (QED) is 0.660. The van der Waals surface area contributed by atoms with E-state index < -0.39 is 10.9 Å². The fourth-order valence-corrected chi connectivity index (χ4v) is 3.10. The lowest BCUT2D eigenvalue weighted by atomic mass is 10.0. The van der Waals surface area contributed by atoms with Gasteiger partial charge in [-0.05, 0) is 24.5 Å². The van der Waals surface area contributed by atoms with Crippen molar-refractivity contribution in [3.8, 4) is 0 Å². The number of nitro benzene ring substituents is 1. The smallest absolute Gasteiger partial charge is 0.346 e. The van der Waals surface area contributed by atoms with Gasteiger partial charge in [0.1, 0.15) is 4.88 Å². The molecular formula is C13H14ClNO4S. The fraction of sp³-hybridized carbons (Fsp3) is 0.308. The molecule has 1 aromatic heterocycles. The summed E-state index contributed by atoms with van der Waals surface area (Å²) < 4.78 is 0.786. The molecule has 0 aliphatic rings. The van der Waals surface area contributed by atoms with Gasteiger partial charge in [-0.2, -0.15) is 0 Å². The zero-order valence-corrected chi connectivity index (χ0v) is 12.4. The average molecular weight is 316 g/mol. The minimum absolute atomic E-state index is 0. The molecule has 7 heteroatoms. The van der Waals surface area contributed by atoms with E-state index in [4.69, 9.17) is 0 Å². The number of rotatable bonds is 5. The number of nitrogens with zero attached hydrogens (tertiary/aromatic N) is 1.